The van der Waals surface area contributed by atoms with Gasteiger partial charge in [-0.25, -0.2) is 10.8 Å². The average molecular weight is 220 g/mol. The SMILES string of the molecule is CC(C)C1(CNc2cccc(NN)n2)CC1. The molecule has 0 bridgehead atoms. The van der Waals surface area contributed by atoms with Crippen molar-refractivity contribution in [1.29, 1.82) is 0 Å². The van der Waals surface area contributed by atoms with E-state index in [1.807, 2.05) is 18.2 Å². The van der Waals surface area contributed by atoms with E-state index in [9.17, 15) is 0 Å². The molecule has 16 heavy (non-hydrogen) atoms. The number of hydrogen-bond acceptors (Lipinski definition) is 4. The Morgan fingerprint density at radius 1 is 1.38 bits per heavy atom. The predicted octanol–water partition coefficient (Wildman–Crippen LogP) is 2.22. The van der Waals surface area contributed by atoms with Crippen LogP contribution >= 0.6 is 0 Å². The zero-order valence-electron chi connectivity index (χ0n) is 9.96. The van der Waals surface area contributed by atoms with Crippen LogP contribution in [-0.4, -0.2) is 11.5 Å². The summed E-state index contributed by atoms with van der Waals surface area (Å²) in [6.07, 6.45) is 2.65. The lowest BCUT2D eigenvalue weighted by molar-refractivity contribution is 0.380. The normalized spacial score (nSPS) is 17.2. The van der Waals surface area contributed by atoms with Crippen molar-refractivity contribution in [3.63, 3.8) is 0 Å². The molecule has 1 fully saturated rings. The highest BCUT2D eigenvalue weighted by atomic mass is 15.3. The molecular weight excluding hydrogens is 200 g/mol. The summed E-state index contributed by atoms with van der Waals surface area (Å²) in [5.41, 5.74) is 3.05. The molecule has 4 nitrogen and oxygen atoms in total. The molecule has 4 N–H and O–H groups in total. The number of aromatic nitrogens is 1. The Hall–Kier alpha value is -1.29. The van der Waals surface area contributed by atoms with Gasteiger partial charge >= 0.3 is 0 Å². The van der Waals surface area contributed by atoms with E-state index in [1.165, 1.54) is 12.8 Å². The first-order chi connectivity index (χ1) is 7.66. The number of nitrogen functional groups attached to an aromatic ring is 1. The molecule has 0 atom stereocenters. The fraction of sp³-hybridized carbons (Fsp3) is 0.583. The van der Waals surface area contributed by atoms with Crippen LogP contribution in [0, 0.1) is 11.3 Å². The first-order valence-corrected chi connectivity index (χ1v) is 5.84. The predicted molar refractivity (Wildman–Crippen MR) is 67.0 cm³/mol. The maximum atomic E-state index is 5.32. The summed E-state index contributed by atoms with van der Waals surface area (Å²) in [4.78, 5) is 4.33. The van der Waals surface area contributed by atoms with E-state index >= 15 is 0 Å². The third-order valence-electron chi connectivity index (χ3n) is 3.64. The van der Waals surface area contributed by atoms with Crippen LogP contribution in [0.2, 0.25) is 0 Å². The van der Waals surface area contributed by atoms with Gasteiger partial charge in [0.1, 0.15) is 11.6 Å². The lowest BCUT2D eigenvalue weighted by Crippen LogP contribution is -2.21. The summed E-state index contributed by atoms with van der Waals surface area (Å²) in [6.45, 7) is 5.59. The Kier molecular flexibility index (Phi) is 3.01. The van der Waals surface area contributed by atoms with Gasteiger partial charge in [0.05, 0.1) is 0 Å². The Morgan fingerprint density at radius 2 is 2.06 bits per heavy atom. The van der Waals surface area contributed by atoms with Gasteiger partial charge in [0, 0.05) is 6.54 Å². The minimum absolute atomic E-state index is 0.494. The molecule has 1 aliphatic carbocycles. The van der Waals surface area contributed by atoms with Crippen LogP contribution < -0.4 is 16.6 Å². The zero-order chi connectivity index (χ0) is 11.6. The van der Waals surface area contributed by atoms with Crippen LogP contribution in [0.1, 0.15) is 26.7 Å². The highest BCUT2D eigenvalue weighted by Crippen LogP contribution is 2.51. The number of rotatable bonds is 5. The summed E-state index contributed by atoms with van der Waals surface area (Å²) in [6, 6.07) is 5.76. The number of hydrazine groups is 1. The molecule has 1 aliphatic rings. The zero-order valence-corrected chi connectivity index (χ0v) is 9.96. The molecule has 2 rings (SSSR count). The summed E-state index contributed by atoms with van der Waals surface area (Å²) in [5.74, 6) is 7.64. The Morgan fingerprint density at radius 3 is 2.62 bits per heavy atom. The second-order valence-electron chi connectivity index (χ2n) is 4.92. The van der Waals surface area contributed by atoms with Gasteiger partial charge < -0.3 is 10.7 Å². The third kappa shape index (κ3) is 2.27. The first kappa shape index (κ1) is 11.2. The van der Waals surface area contributed by atoms with Crippen LogP contribution in [0.4, 0.5) is 11.6 Å². The van der Waals surface area contributed by atoms with Gasteiger partial charge in [0.15, 0.2) is 0 Å². The fourth-order valence-electron chi connectivity index (χ4n) is 2.00. The molecule has 0 aliphatic heterocycles. The molecular formula is C12H20N4. The number of hydrogen-bond donors (Lipinski definition) is 3. The molecule has 1 aromatic rings. The highest BCUT2D eigenvalue weighted by Gasteiger charge is 2.44. The largest absolute Gasteiger partial charge is 0.369 e. The summed E-state index contributed by atoms with van der Waals surface area (Å²) >= 11 is 0. The second kappa shape index (κ2) is 4.29. The molecule has 0 aromatic carbocycles. The van der Waals surface area contributed by atoms with Gasteiger partial charge in [-0.15, -0.1) is 0 Å². The van der Waals surface area contributed by atoms with E-state index in [1.54, 1.807) is 0 Å². The van der Waals surface area contributed by atoms with Crippen molar-refractivity contribution in [2.75, 3.05) is 17.3 Å². The molecule has 0 unspecified atom stereocenters. The van der Waals surface area contributed by atoms with Crippen LogP contribution in [0.15, 0.2) is 18.2 Å². The average Bonchev–Trinajstić information content (AvgIpc) is 3.08. The topological polar surface area (TPSA) is 63.0 Å². The lowest BCUT2D eigenvalue weighted by atomic mass is 9.92. The minimum atomic E-state index is 0.494. The maximum Gasteiger partial charge on any atom is 0.142 e. The van der Waals surface area contributed by atoms with Gasteiger partial charge in [0.2, 0.25) is 0 Å². The van der Waals surface area contributed by atoms with Gasteiger partial charge in [-0.2, -0.15) is 0 Å². The summed E-state index contributed by atoms with van der Waals surface area (Å²) in [5, 5.41) is 3.40. The molecule has 0 saturated heterocycles. The lowest BCUT2D eigenvalue weighted by Gasteiger charge is -2.20. The second-order valence-corrected chi connectivity index (χ2v) is 4.92. The van der Waals surface area contributed by atoms with Crippen molar-refractivity contribution in [2.24, 2.45) is 17.2 Å². The minimum Gasteiger partial charge on any atom is -0.369 e. The Balaban J connectivity index is 1.94. The van der Waals surface area contributed by atoms with Crippen molar-refractivity contribution >= 4 is 11.6 Å². The molecule has 0 amide bonds. The molecule has 1 aromatic heterocycles. The van der Waals surface area contributed by atoms with E-state index in [2.05, 4.69) is 29.6 Å². The molecule has 1 heterocycles. The van der Waals surface area contributed by atoms with Crippen molar-refractivity contribution < 1.29 is 0 Å². The number of pyridine rings is 1. The van der Waals surface area contributed by atoms with Crippen molar-refractivity contribution in [3.05, 3.63) is 18.2 Å². The maximum absolute atomic E-state index is 5.32. The Bertz CT molecular complexity index is 358. The number of anilines is 2. The molecule has 88 valence electrons. The standard InChI is InChI=1S/C12H20N4/c1-9(2)12(6-7-12)8-14-10-4-3-5-11(15-10)16-13/h3-5,9H,6-8,13H2,1-2H3,(H2,14,15,16). The molecule has 4 heteroatoms. The fourth-order valence-corrected chi connectivity index (χ4v) is 2.00. The van der Waals surface area contributed by atoms with Gasteiger partial charge in [0.25, 0.3) is 0 Å². The van der Waals surface area contributed by atoms with E-state index in [4.69, 9.17) is 5.84 Å². The van der Waals surface area contributed by atoms with E-state index in [0.717, 1.165) is 18.3 Å². The number of nitrogens with one attached hydrogen (secondary N) is 2. The Labute approximate surface area is 96.6 Å². The quantitative estimate of drug-likeness (QED) is 0.526. The first-order valence-electron chi connectivity index (χ1n) is 5.84. The van der Waals surface area contributed by atoms with E-state index < -0.39 is 0 Å². The van der Waals surface area contributed by atoms with Crippen molar-refractivity contribution in [1.82, 2.24) is 4.98 Å². The summed E-state index contributed by atoms with van der Waals surface area (Å²) < 4.78 is 0. The molecule has 0 spiro atoms. The van der Waals surface area contributed by atoms with Crippen molar-refractivity contribution in [2.45, 2.75) is 26.7 Å². The number of nitrogens with zero attached hydrogens (tertiary/aromatic N) is 1. The molecule has 1 saturated carbocycles. The number of nitrogens with two attached hydrogens (primary N) is 1. The van der Waals surface area contributed by atoms with E-state index in [0.29, 0.717) is 11.2 Å². The van der Waals surface area contributed by atoms with Gasteiger partial charge in [-0.3, -0.25) is 0 Å². The monoisotopic (exact) mass is 220 g/mol. The van der Waals surface area contributed by atoms with Crippen LogP contribution in [-0.2, 0) is 0 Å². The van der Waals surface area contributed by atoms with Gasteiger partial charge in [-0.1, -0.05) is 19.9 Å². The van der Waals surface area contributed by atoms with E-state index in [-0.39, 0.29) is 0 Å². The summed E-state index contributed by atoms with van der Waals surface area (Å²) in [7, 11) is 0. The highest BCUT2D eigenvalue weighted by molar-refractivity contribution is 5.44. The molecule has 0 radical (unpaired) electrons. The van der Waals surface area contributed by atoms with Gasteiger partial charge in [-0.05, 0) is 36.3 Å². The van der Waals surface area contributed by atoms with Crippen molar-refractivity contribution in [3.8, 4) is 0 Å². The van der Waals surface area contributed by atoms with Crippen LogP contribution in [0.25, 0.3) is 0 Å². The third-order valence-corrected chi connectivity index (χ3v) is 3.64. The van der Waals surface area contributed by atoms with Crippen LogP contribution in [0.5, 0.6) is 0 Å². The smallest absolute Gasteiger partial charge is 0.142 e. The van der Waals surface area contributed by atoms with Crippen LogP contribution in [0.3, 0.4) is 0 Å².